The normalized spacial score (nSPS) is 18.0. The number of aromatic nitrogens is 9. The van der Waals surface area contributed by atoms with E-state index in [4.69, 9.17) is 53.8 Å². The number of benzene rings is 3. The molecule has 0 saturated carbocycles. The smallest absolute Gasteiger partial charge is 0.497 e. The molecule has 0 bridgehead atoms. The van der Waals surface area contributed by atoms with Gasteiger partial charge >= 0.3 is 15.0 Å². The maximum atomic E-state index is 16.4. The van der Waals surface area contributed by atoms with Crippen LogP contribution in [0.4, 0.5) is 10.3 Å². The molecule has 0 aliphatic carbocycles. The fourth-order valence-electron chi connectivity index (χ4n) is 7.81. The number of H-pyrrole nitrogens is 1. The van der Waals surface area contributed by atoms with Crippen LogP contribution in [0.15, 0.2) is 96.2 Å². The van der Waals surface area contributed by atoms with E-state index in [-0.39, 0.29) is 49.9 Å². The monoisotopic (exact) mass is 1050 g/mol. The van der Waals surface area contributed by atoms with Crippen molar-refractivity contribution in [2.24, 2.45) is 5.92 Å². The number of carbonyl (C=O) groups is 1. The Morgan fingerprint density at radius 1 is 1.00 bits per heavy atom. The summed E-state index contributed by atoms with van der Waals surface area (Å²) in [7, 11) is -0.231. The molecule has 8 rings (SSSR count). The van der Waals surface area contributed by atoms with Gasteiger partial charge in [0, 0.05) is 17.0 Å². The topological polar surface area (TPSA) is 284 Å². The molecule has 1 saturated heterocycles. The highest BCUT2D eigenvalue weighted by Crippen LogP contribution is 2.51. The number of halogens is 1. The predicted molar refractivity (Wildman–Crippen MR) is 258 cm³/mol. The van der Waals surface area contributed by atoms with Gasteiger partial charge in [0.2, 0.25) is 11.9 Å². The molecule has 2 unspecified atom stereocenters. The Labute approximate surface area is 415 Å². The van der Waals surface area contributed by atoms with Crippen LogP contribution in [0.25, 0.3) is 22.3 Å². The third-order valence-electron chi connectivity index (χ3n) is 11.3. The number of anilines is 1. The summed E-state index contributed by atoms with van der Waals surface area (Å²) in [5.74, 6) is 0.525. The van der Waals surface area contributed by atoms with E-state index in [1.165, 1.54) is 6.33 Å². The summed E-state index contributed by atoms with van der Waals surface area (Å²) in [5.41, 5.74) is 0.718. The van der Waals surface area contributed by atoms with Gasteiger partial charge in [-0.1, -0.05) is 73.7 Å². The number of ether oxygens (including phenoxy) is 4. The fraction of sp³-hybridized carbons (Fsp3) is 0.356. The van der Waals surface area contributed by atoms with Gasteiger partial charge < -0.3 is 37.1 Å². The largest absolute Gasteiger partial charge is 0.695 e. The van der Waals surface area contributed by atoms with Crippen molar-refractivity contribution in [1.82, 2.24) is 44.5 Å². The molecule has 1 fully saturated rings. The van der Waals surface area contributed by atoms with Crippen LogP contribution in [0, 0.1) is 17.2 Å². The Bertz CT molecular complexity index is 3130. The standard InChI is InChI=1S/C45H46FN11O12P2S/c1-27(2)41(58)52-44-51-40-37(42(59)53-44)54-55-57(40)43-38(69-70(60)61)36(46)34(68-43)24-67-71(72,65-21-8-19-47)66-22-20-56-35(50-33-23-48-26-49-39(33)56)25-64-45(28-9-6-5-7-10-28,29-11-15-31(62-3)16-12-29)30-13-17-32(63-4)18-14-30/h5-7,9-18,23,26-27,34,36,38,43H,8,20-22,24-25H2,1-4H3,(H2-,51,52,53,55,58,59,60,61)/p+1/t34-,36-,38-,43-,71?/m1/s1. The van der Waals surface area contributed by atoms with Crippen LogP contribution >= 0.6 is 15.0 Å². The highest BCUT2D eigenvalue weighted by atomic mass is 32.5. The molecule has 6 atom stereocenters. The van der Waals surface area contributed by atoms with Gasteiger partial charge in [-0.25, -0.2) is 19.3 Å². The molecule has 4 aromatic heterocycles. The van der Waals surface area contributed by atoms with Gasteiger partial charge in [0.1, 0.15) is 47.5 Å². The number of hydrogen-bond acceptors (Lipinski definition) is 19. The minimum Gasteiger partial charge on any atom is -0.497 e. The second kappa shape index (κ2) is 22.9. The van der Waals surface area contributed by atoms with Crippen molar-refractivity contribution in [2.45, 2.75) is 63.6 Å². The zero-order chi connectivity index (χ0) is 51.0. The lowest BCUT2D eigenvalue weighted by molar-refractivity contribution is -0.118. The molecule has 23 nitrogen and oxygen atoms in total. The Kier molecular flexibility index (Phi) is 16.5. The number of amides is 1. The summed E-state index contributed by atoms with van der Waals surface area (Å²) in [6.45, 7) is -1.68. The second-order valence-corrected chi connectivity index (χ2v) is 19.8. The minimum absolute atomic E-state index is 0.0529. The molecule has 27 heteroatoms. The zero-order valence-corrected chi connectivity index (χ0v) is 41.5. The first-order valence-corrected chi connectivity index (χ1v) is 25.8. The molecule has 1 amide bonds. The van der Waals surface area contributed by atoms with Crippen molar-refractivity contribution in [3.8, 4) is 17.6 Å². The molecule has 3 aromatic carbocycles. The van der Waals surface area contributed by atoms with Crippen LogP contribution in [0.5, 0.6) is 11.5 Å². The first kappa shape index (κ1) is 51.8. The lowest BCUT2D eigenvalue weighted by atomic mass is 9.80. The first-order chi connectivity index (χ1) is 34.8. The molecule has 376 valence electrons. The number of imidazole rings is 1. The van der Waals surface area contributed by atoms with E-state index < -0.39 is 69.2 Å². The Balaban J connectivity index is 1.05. The number of hydrogen-bond donors (Lipinski definition) is 3. The predicted octanol–water partition coefficient (Wildman–Crippen LogP) is 5.93. The number of carbonyl (C=O) groups excluding carboxylic acids is 1. The SMILES string of the molecule is COc1ccc(C(OCc2nc3cncnc3n2CCOP(=S)(OCCC#N)OC[C@H]2O[C@@H](n3nnc4c(=O)[nH]c(NC(=O)C(C)C)nc43)[C@H](O[P+](=O)O)[C@@H]2F)(c2ccccc2)c2ccc(OC)cc2)cc1. The van der Waals surface area contributed by atoms with Crippen LogP contribution in [-0.4, -0.2) is 108 Å². The van der Waals surface area contributed by atoms with Gasteiger partial charge in [0.05, 0.1) is 52.7 Å². The number of nitrogens with one attached hydrogen (secondary N) is 2. The third-order valence-corrected chi connectivity index (χ3v) is 14.2. The second-order valence-electron chi connectivity index (χ2n) is 16.1. The van der Waals surface area contributed by atoms with Crippen molar-refractivity contribution < 1.29 is 55.7 Å². The zero-order valence-electron chi connectivity index (χ0n) is 38.9. The van der Waals surface area contributed by atoms with Crippen molar-refractivity contribution in [3.05, 3.63) is 124 Å². The van der Waals surface area contributed by atoms with E-state index in [0.717, 1.165) is 21.4 Å². The van der Waals surface area contributed by atoms with Crippen LogP contribution in [0.2, 0.25) is 0 Å². The molecule has 1 aliphatic heterocycles. The van der Waals surface area contributed by atoms with E-state index in [0.29, 0.717) is 28.5 Å². The van der Waals surface area contributed by atoms with Gasteiger partial charge in [-0.05, 0) is 52.8 Å². The summed E-state index contributed by atoms with van der Waals surface area (Å²) in [6, 6.07) is 26.8. The quantitative estimate of drug-likeness (QED) is 0.0380. The van der Waals surface area contributed by atoms with Crippen LogP contribution in [0.1, 0.15) is 49.0 Å². The van der Waals surface area contributed by atoms with Gasteiger partial charge in [-0.3, -0.25) is 19.9 Å². The number of methoxy groups -OCH3 is 2. The Morgan fingerprint density at radius 2 is 1.67 bits per heavy atom. The number of nitrogens with zero attached hydrogens (tertiary/aromatic N) is 9. The van der Waals surface area contributed by atoms with Crippen LogP contribution in [-0.2, 0) is 67.5 Å². The number of fused-ring (bicyclic) bond motifs is 2. The van der Waals surface area contributed by atoms with Gasteiger partial charge in [-0.2, -0.15) is 14.9 Å². The molecular weight excluding hydrogens is 1000 g/mol. The number of rotatable bonds is 23. The number of aromatic amines is 1. The highest BCUT2D eigenvalue weighted by Gasteiger charge is 2.53. The van der Waals surface area contributed by atoms with Gasteiger partial charge in [-0.15, -0.1) is 14.5 Å². The lowest BCUT2D eigenvalue weighted by Gasteiger charge is -2.36. The molecule has 5 heterocycles. The Morgan fingerprint density at radius 3 is 2.31 bits per heavy atom. The van der Waals surface area contributed by atoms with E-state index in [1.807, 2.05) is 84.9 Å². The van der Waals surface area contributed by atoms with Gasteiger partial charge in [0.15, 0.2) is 35.3 Å². The van der Waals surface area contributed by atoms with Crippen molar-refractivity contribution in [3.63, 3.8) is 0 Å². The summed E-state index contributed by atoms with van der Waals surface area (Å²) < 4.78 is 78.3. The molecule has 0 radical (unpaired) electrons. The van der Waals surface area contributed by atoms with Crippen molar-refractivity contribution in [2.75, 3.05) is 39.4 Å². The molecule has 3 N–H and O–H groups in total. The third kappa shape index (κ3) is 11.2. The van der Waals surface area contributed by atoms with Crippen LogP contribution in [0.3, 0.4) is 0 Å². The summed E-state index contributed by atoms with van der Waals surface area (Å²) in [4.78, 5) is 55.2. The van der Waals surface area contributed by atoms with Gasteiger partial charge in [0.25, 0.3) is 5.56 Å². The average molecular weight is 1050 g/mol. The van der Waals surface area contributed by atoms with E-state index in [9.17, 15) is 24.3 Å². The average Bonchev–Trinajstić information content (AvgIpc) is 4.06. The molecular formula is C45H47FN11O12P2S+. The Hall–Kier alpha value is -6.55. The summed E-state index contributed by atoms with van der Waals surface area (Å²) >= 11 is 5.80. The number of nitriles is 1. The maximum absolute atomic E-state index is 16.4. The fourth-order valence-corrected chi connectivity index (χ4v) is 10.0. The number of alkyl halides is 1. The van der Waals surface area contributed by atoms with E-state index in [1.54, 1.807) is 38.8 Å². The van der Waals surface area contributed by atoms with E-state index in [2.05, 4.69) is 35.6 Å². The van der Waals surface area contributed by atoms with Crippen molar-refractivity contribution in [1.29, 1.82) is 5.26 Å². The van der Waals surface area contributed by atoms with Crippen LogP contribution < -0.4 is 20.3 Å². The summed E-state index contributed by atoms with van der Waals surface area (Å²) in [6.07, 6.45) is -4.37. The van der Waals surface area contributed by atoms with E-state index >= 15 is 4.39 Å². The lowest BCUT2D eigenvalue weighted by Crippen LogP contribution is -2.33. The first-order valence-electron chi connectivity index (χ1n) is 22.1. The minimum atomic E-state index is -3.86. The highest BCUT2D eigenvalue weighted by molar-refractivity contribution is 8.07. The van der Waals surface area contributed by atoms with Crippen molar-refractivity contribution >= 4 is 61.0 Å². The molecule has 1 aliphatic rings. The molecule has 72 heavy (non-hydrogen) atoms. The summed E-state index contributed by atoms with van der Waals surface area (Å²) in [5, 5.41) is 19.5. The molecule has 0 spiro atoms. The molecule has 7 aromatic rings. The maximum Gasteiger partial charge on any atom is 0.695 e.